The predicted octanol–water partition coefficient (Wildman–Crippen LogP) is 3.63. The summed E-state index contributed by atoms with van der Waals surface area (Å²) in [5.74, 6) is 2.59. The van der Waals surface area contributed by atoms with E-state index in [0.29, 0.717) is 0 Å². The van der Waals surface area contributed by atoms with Crippen LogP contribution in [0.2, 0.25) is 0 Å². The van der Waals surface area contributed by atoms with E-state index in [1.165, 1.54) is 0 Å². The zero-order chi connectivity index (χ0) is 14.4. The van der Waals surface area contributed by atoms with E-state index in [9.17, 15) is 0 Å². The third kappa shape index (κ3) is 3.87. The number of benzene rings is 1. The van der Waals surface area contributed by atoms with Crippen molar-refractivity contribution in [3.8, 4) is 5.75 Å². The lowest BCUT2D eigenvalue weighted by atomic mass is 10.3. The second kappa shape index (κ2) is 7.14. The molecule has 0 saturated heterocycles. The molecular weight excluding hydrogens is 270 g/mol. The average molecular weight is 289 g/mol. The molecule has 106 valence electrons. The number of nitrogens with one attached hydrogen (secondary N) is 1. The fourth-order valence-electron chi connectivity index (χ4n) is 1.74. The fraction of sp³-hybridized carbons (Fsp3) is 0.333. The van der Waals surface area contributed by atoms with Gasteiger partial charge in [0.05, 0.1) is 7.11 Å². The van der Waals surface area contributed by atoms with Crippen molar-refractivity contribution in [1.82, 2.24) is 9.97 Å². The molecule has 0 bridgehead atoms. The van der Waals surface area contributed by atoms with E-state index in [1.807, 2.05) is 30.3 Å². The Morgan fingerprint density at radius 3 is 2.75 bits per heavy atom. The minimum absolute atomic E-state index is 0.824. The van der Waals surface area contributed by atoms with E-state index in [-0.39, 0.29) is 0 Å². The molecule has 0 aliphatic carbocycles. The maximum Gasteiger partial charge on any atom is 0.131 e. The first-order chi connectivity index (χ1) is 9.75. The van der Waals surface area contributed by atoms with Crippen molar-refractivity contribution < 1.29 is 4.74 Å². The Balaban J connectivity index is 2.24. The number of hydrogen-bond acceptors (Lipinski definition) is 5. The standard InChI is InChI=1S/C15H19N3OS/c1-4-13-17-14(16-5-2)10-15(18-13)20-12-8-6-7-11(9-12)19-3/h6-10H,4-5H2,1-3H3,(H,16,17,18). The van der Waals surface area contributed by atoms with Gasteiger partial charge in [-0.1, -0.05) is 24.8 Å². The van der Waals surface area contributed by atoms with Crippen LogP contribution < -0.4 is 10.1 Å². The van der Waals surface area contributed by atoms with Crippen molar-refractivity contribution in [3.63, 3.8) is 0 Å². The highest BCUT2D eigenvalue weighted by molar-refractivity contribution is 7.99. The normalized spacial score (nSPS) is 10.3. The molecule has 2 rings (SSSR count). The van der Waals surface area contributed by atoms with Gasteiger partial charge in [-0.3, -0.25) is 0 Å². The minimum atomic E-state index is 0.824. The summed E-state index contributed by atoms with van der Waals surface area (Å²) >= 11 is 1.62. The lowest BCUT2D eigenvalue weighted by molar-refractivity contribution is 0.413. The summed E-state index contributed by atoms with van der Waals surface area (Å²) in [7, 11) is 1.67. The summed E-state index contributed by atoms with van der Waals surface area (Å²) in [6.45, 7) is 4.97. The van der Waals surface area contributed by atoms with Gasteiger partial charge in [-0.2, -0.15) is 0 Å². The van der Waals surface area contributed by atoms with Gasteiger partial charge in [-0.15, -0.1) is 0 Å². The first-order valence-electron chi connectivity index (χ1n) is 6.69. The maximum absolute atomic E-state index is 5.24. The van der Waals surface area contributed by atoms with Crippen LogP contribution in [0.25, 0.3) is 0 Å². The van der Waals surface area contributed by atoms with Crippen molar-refractivity contribution in [2.45, 2.75) is 30.2 Å². The van der Waals surface area contributed by atoms with Crippen LogP contribution in [0, 0.1) is 0 Å². The van der Waals surface area contributed by atoms with Crippen LogP contribution in [0.5, 0.6) is 5.75 Å². The Labute approximate surface area is 124 Å². The highest BCUT2D eigenvalue weighted by Crippen LogP contribution is 2.29. The molecule has 0 spiro atoms. The first-order valence-corrected chi connectivity index (χ1v) is 7.50. The molecule has 0 radical (unpaired) electrons. The van der Waals surface area contributed by atoms with Gasteiger partial charge in [0.25, 0.3) is 0 Å². The van der Waals surface area contributed by atoms with Crippen LogP contribution in [0.4, 0.5) is 5.82 Å². The van der Waals surface area contributed by atoms with Gasteiger partial charge in [0.2, 0.25) is 0 Å². The summed E-state index contributed by atoms with van der Waals surface area (Å²) in [4.78, 5) is 10.1. The van der Waals surface area contributed by atoms with Crippen LogP contribution in [-0.4, -0.2) is 23.6 Å². The third-order valence-electron chi connectivity index (χ3n) is 2.69. The molecular formula is C15H19N3OS. The lowest BCUT2D eigenvalue weighted by Crippen LogP contribution is -2.03. The van der Waals surface area contributed by atoms with Crippen molar-refractivity contribution in [1.29, 1.82) is 0 Å². The number of aryl methyl sites for hydroxylation is 1. The molecule has 2 aromatic rings. The Hall–Kier alpha value is -1.75. The topological polar surface area (TPSA) is 47.0 Å². The second-order valence-electron chi connectivity index (χ2n) is 4.17. The number of rotatable bonds is 6. The zero-order valence-corrected chi connectivity index (χ0v) is 12.8. The molecule has 1 aromatic heterocycles. The number of hydrogen-bond donors (Lipinski definition) is 1. The number of ether oxygens (including phenoxy) is 1. The van der Waals surface area contributed by atoms with Crippen LogP contribution >= 0.6 is 11.8 Å². The number of methoxy groups -OCH3 is 1. The predicted molar refractivity (Wildman–Crippen MR) is 82.7 cm³/mol. The fourth-order valence-corrected chi connectivity index (χ4v) is 2.62. The Kier molecular flexibility index (Phi) is 5.24. The number of aromatic nitrogens is 2. The van der Waals surface area contributed by atoms with Crippen molar-refractivity contribution >= 4 is 17.6 Å². The van der Waals surface area contributed by atoms with Crippen molar-refractivity contribution in [2.75, 3.05) is 19.0 Å². The molecule has 4 nitrogen and oxygen atoms in total. The molecule has 0 amide bonds. The molecule has 20 heavy (non-hydrogen) atoms. The number of anilines is 1. The van der Waals surface area contributed by atoms with Gasteiger partial charge in [0.15, 0.2) is 0 Å². The molecule has 0 atom stereocenters. The first kappa shape index (κ1) is 14.7. The third-order valence-corrected chi connectivity index (χ3v) is 3.59. The zero-order valence-electron chi connectivity index (χ0n) is 12.0. The highest BCUT2D eigenvalue weighted by Gasteiger charge is 2.05. The molecule has 0 aliphatic heterocycles. The van der Waals surface area contributed by atoms with Gasteiger partial charge in [0.1, 0.15) is 22.4 Å². The highest BCUT2D eigenvalue weighted by atomic mass is 32.2. The van der Waals surface area contributed by atoms with Crippen LogP contribution in [0.3, 0.4) is 0 Å². The van der Waals surface area contributed by atoms with E-state index in [0.717, 1.165) is 40.3 Å². The molecule has 1 heterocycles. The molecule has 0 fully saturated rings. The van der Waals surface area contributed by atoms with Crippen molar-refractivity contribution in [2.24, 2.45) is 0 Å². The Morgan fingerprint density at radius 1 is 1.20 bits per heavy atom. The maximum atomic E-state index is 5.24. The smallest absolute Gasteiger partial charge is 0.131 e. The summed E-state index contributed by atoms with van der Waals surface area (Å²) < 4.78 is 5.24. The largest absolute Gasteiger partial charge is 0.497 e. The molecule has 1 aromatic carbocycles. The molecule has 0 aliphatic rings. The van der Waals surface area contributed by atoms with E-state index in [1.54, 1.807) is 18.9 Å². The molecule has 0 saturated carbocycles. The van der Waals surface area contributed by atoms with Crippen LogP contribution in [0.1, 0.15) is 19.7 Å². The van der Waals surface area contributed by atoms with Gasteiger partial charge < -0.3 is 10.1 Å². The molecule has 5 heteroatoms. The SMILES string of the molecule is CCNc1cc(Sc2cccc(OC)c2)nc(CC)n1. The van der Waals surface area contributed by atoms with Gasteiger partial charge in [-0.25, -0.2) is 9.97 Å². The number of nitrogens with zero attached hydrogens (tertiary/aromatic N) is 2. The Bertz CT molecular complexity index is 575. The van der Waals surface area contributed by atoms with Crippen molar-refractivity contribution in [3.05, 3.63) is 36.2 Å². The molecule has 1 N–H and O–H groups in total. The summed E-state index contributed by atoms with van der Waals surface area (Å²) in [6, 6.07) is 9.95. The van der Waals surface area contributed by atoms with E-state index >= 15 is 0 Å². The van der Waals surface area contributed by atoms with Crippen LogP contribution in [-0.2, 0) is 6.42 Å². The molecule has 0 unspecified atom stereocenters. The van der Waals surface area contributed by atoms with E-state index in [2.05, 4.69) is 29.1 Å². The minimum Gasteiger partial charge on any atom is -0.497 e. The summed E-state index contributed by atoms with van der Waals surface area (Å²) in [5, 5.41) is 4.19. The average Bonchev–Trinajstić information content (AvgIpc) is 2.47. The second-order valence-corrected chi connectivity index (χ2v) is 5.27. The van der Waals surface area contributed by atoms with Gasteiger partial charge in [-0.05, 0) is 25.1 Å². The van der Waals surface area contributed by atoms with Crippen LogP contribution in [0.15, 0.2) is 40.3 Å². The quantitative estimate of drug-likeness (QED) is 0.823. The Morgan fingerprint density at radius 2 is 2.05 bits per heavy atom. The van der Waals surface area contributed by atoms with Gasteiger partial charge in [0, 0.05) is 23.9 Å². The van der Waals surface area contributed by atoms with E-state index in [4.69, 9.17) is 4.74 Å². The van der Waals surface area contributed by atoms with Gasteiger partial charge >= 0.3 is 0 Å². The summed E-state index contributed by atoms with van der Waals surface area (Å²) in [6.07, 6.45) is 0.824. The summed E-state index contributed by atoms with van der Waals surface area (Å²) in [5.41, 5.74) is 0. The lowest BCUT2D eigenvalue weighted by Gasteiger charge is -2.08. The van der Waals surface area contributed by atoms with E-state index < -0.39 is 0 Å². The monoisotopic (exact) mass is 289 g/mol.